The van der Waals surface area contributed by atoms with Crippen molar-refractivity contribution in [1.82, 2.24) is 0 Å². The maximum Gasteiger partial charge on any atom is 0.229 e. The second kappa shape index (κ2) is 9.45. The first kappa shape index (κ1) is 20.7. The third-order valence-electron chi connectivity index (χ3n) is 5.22. The second-order valence-corrected chi connectivity index (χ2v) is 7.04. The Labute approximate surface area is 172 Å². The van der Waals surface area contributed by atoms with Crippen LogP contribution in [0.25, 0.3) is 0 Å². The molecule has 1 N–H and O–H groups in total. The minimum atomic E-state index is -0.364. The lowest BCUT2D eigenvalue weighted by Gasteiger charge is -2.21. The summed E-state index contributed by atoms with van der Waals surface area (Å²) in [6.07, 6.45) is 0.219. The number of hydrogen-bond acceptors (Lipinski definition) is 4. The van der Waals surface area contributed by atoms with Gasteiger partial charge in [0, 0.05) is 43.1 Å². The second-order valence-electron chi connectivity index (χ2n) is 7.04. The van der Waals surface area contributed by atoms with E-state index in [1.165, 1.54) is 0 Å². The smallest absolute Gasteiger partial charge is 0.229 e. The van der Waals surface area contributed by atoms with Gasteiger partial charge in [0.15, 0.2) is 0 Å². The van der Waals surface area contributed by atoms with Gasteiger partial charge in [-0.15, -0.1) is 0 Å². The summed E-state index contributed by atoms with van der Waals surface area (Å²) in [4.78, 5) is 29.1. The molecule has 1 aliphatic heterocycles. The Morgan fingerprint density at radius 1 is 1.07 bits per heavy atom. The topological polar surface area (TPSA) is 61.9 Å². The minimum absolute atomic E-state index is 0.0359. The van der Waals surface area contributed by atoms with Gasteiger partial charge in [0.1, 0.15) is 5.75 Å². The van der Waals surface area contributed by atoms with Gasteiger partial charge in [-0.2, -0.15) is 0 Å². The average Bonchev–Trinajstić information content (AvgIpc) is 3.13. The third kappa shape index (κ3) is 4.88. The molecule has 0 bridgehead atoms. The highest BCUT2D eigenvalue weighted by Crippen LogP contribution is 2.28. The lowest BCUT2D eigenvalue weighted by molar-refractivity contribution is -0.122. The molecule has 1 atom stereocenters. The fraction of sp³-hybridized carbons (Fsp3) is 0.391. The van der Waals surface area contributed by atoms with E-state index in [1.54, 1.807) is 4.90 Å². The van der Waals surface area contributed by atoms with Gasteiger partial charge in [0.2, 0.25) is 11.8 Å². The minimum Gasteiger partial charge on any atom is -0.494 e. The van der Waals surface area contributed by atoms with Crippen molar-refractivity contribution < 1.29 is 14.3 Å². The van der Waals surface area contributed by atoms with E-state index in [-0.39, 0.29) is 24.2 Å². The van der Waals surface area contributed by atoms with Crippen molar-refractivity contribution >= 4 is 28.9 Å². The van der Waals surface area contributed by atoms with E-state index in [2.05, 4.69) is 24.1 Å². The van der Waals surface area contributed by atoms with Crippen LogP contribution in [-0.4, -0.2) is 38.1 Å². The molecule has 0 aromatic heterocycles. The Hall–Kier alpha value is -3.02. The molecule has 0 saturated carbocycles. The summed E-state index contributed by atoms with van der Waals surface area (Å²) in [7, 11) is 0. The third-order valence-corrected chi connectivity index (χ3v) is 5.22. The van der Waals surface area contributed by atoms with Gasteiger partial charge in [0.25, 0.3) is 0 Å². The Morgan fingerprint density at radius 3 is 2.31 bits per heavy atom. The zero-order valence-electron chi connectivity index (χ0n) is 17.4. The van der Waals surface area contributed by atoms with E-state index < -0.39 is 0 Å². The molecule has 1 fully saturated rings. The van der Waals surface area contributed by atoms with E-state index in [9.17, 15) is 9.59 Å². The lowest BCUT2D eigenvalue weighted by atomic mass is 10.1. The van der Waals surface area contributed by atoms with Crippen LogP contribution in [0.4, 0.5) is 17.1 Å². The van der Waals surface area contributed by atoms with Crippen molar-refractivity contribution in [3.8, 4) is 5.75 Å². The fourth-order valence-corrected chi connectivity index (χ4v) is 3.61. The first-order valence-corrected chi connectivity index (χ1v) is 10.2. The molecular formula is C23H29N3O3. The van der Waals surface area contributed by atoms with E-state index in [4.69, 9.17) is 4.74 Å². The Kier molecular flexibility index (Phi) is 6.75. The van der Waals surface area contributed by atoms with Gasteiger partial charge in [-0.1, -0.05) is 0 Å². The standard InChI is InChI=1S/C23H29N3O3/c1-4-25(5-2)19-9-7-18(8-10-19)24-23(28)17-15-22(27)26(16-17)20-11-13-21(14-12-20)29-6-3/h7-14,17H,4-6,15-16H2,1-3H3,(H,24,28). The largest absolute Gasteiger partial charge is 0.494 e. The zero-order valence-corrected chi connectivity index (χ0v) is 17.4. The predicted molar refractivity (Wildman–Crippen MR) is 117 cm³/mol. The normalized spacial score (nSPS) is 16.0. The Bertz CT molecular complexity index is 829. The highest BCUT2D eigenvalue weighted by atomic mass is 16.5. The predicted octanol–water partition coefficient (Wildman–Crippen LogP) is 3.92. The number of anilines is 3. The van der Waals surface area contributed by atoms with Crippen molar-refractivity contribution in [2.45, 2.75) is 27.2 Å². The van der Waals surface area contributed by atoms with E-state index >= 15 is 0 Å². The molecule has 154 valence electrons. The Morgan fingerprint density at radius 2 is 1.72 bits per heavy atom. The van der Waals surface area contributed by atoms with E-state index in [0.717, 1.165) is 35.9 Å². The molecule has 1 saturated heterocycles. The van der Waals surface area contributed by atoms with Crippen LogP contribution in [0.2, 0.25) is 0 Å². The molecular weight excluding hydrogens is 366 g/mol. The van der Waals surface area contributed by atoms with E-state index in [0.29, 0.717) is 13.2 Å². The molecule has 3 rings (SSSR count). The number of carbonyl (C=O) groups is 2. The van der Waals surface area contributed by atoms with Crippen LogP contribution in [0.15, 0.2) is 48.5 Å². The van der Waals surface area contributed by atoms with Crippen molar-refractivity contribution in [2.75, 3.05) is 41.4 Å². The van der Waals surface area contributed by atoms with Crippen molar-refractivity contribution in [3.63, 3.8) is 0 Å². The first-order chi connectivity index (χ1) is 14.0. The highest BCUT2D eigenvalue weighted by Gasteiger charge is 2.35. The van der Waals surface area contributed by atoms with Gasteiger partial charge in [0.05, 0.1) is 12.5 Å². The van der Waals surface area contributed by atoms with Crippen LogP contribution >= 0.6 is 0 Å². The molecule has 6 heteroatoms. The molecule has 2 aromatic carbocycles. The number of amides is 2. The van der Waals surface area contributed by atoms with Crippen LogP contribution < -0.4 is 19.9 Å². The molecule has 1 heterocycles. The van der Waals surface area contributed by atoms with Crippen LogP contribution in [0.1, 0.15) is 27.2 Å². The number of hydrogen-bond donors (Lipinski definition) is 1. The lowest BCUT2D eigenvalue weighted by Crippen LogP contribution is -2.28. The van der Waals surface area contributed by atoms with E-state index in [1.807, 2.05) is 55.5 Å². The Balaban J connectivity index is 1.61. The summed E-state index contributed by atoms with van der Waals surface area (Å²) in [5.74, 6) is 0.246. The SMILES string of the molecule is CCOc1ccc(N2CC(C(=O)Nc3ccc(N(CC)CC)cc3)CC2=O)cc1. The highest BCUT2D eigenvalue weighted by molar-refractivity contribution is 6.03. The average molecular weight is 396 g/mol. The summed E-state index contributed by atoms with van der Waals surface area (Å²) >= 11 is 0. The molecule has 29 heavy (non-hydrogen) atoms. The van der Waals surface area contributed by atoms with Crippen molar-refractivity contribution in [3.05, 3.63) is 48.5 Å². The number of carbonyl (C=O) groups excluding carboxylic acids is 2. The molecule has 2 aromatic rings. The summed E-state index contributed by atoms with van der Waals surface area (Å²) < 4.78 is 5.44. The van der Waals surface area contributed by atoms with Gasteiger partial charge in [-0.3, -0.25) is 9.59 Å². The number of nitrogens with zero attached hydrogens (tertiary/aromatic N) is 2. The summed E-state index contributed by atoms with van der Waals surface area (Å²) in [6, 6.07) is 15.2. The van der Waals surface area contributed by atoms with Crippen LogP contribution in [0, 0.1) is 5.92 Å². The monoisotopic (exact) mass is 395 g/mol. The summed E-state index contributed by atoms with van der Waals surface area (Å²) in [5.41, 5.74) is 2.67. The van der Waals surface area contributed by atoms with Crippen molar-refractivity contribution in [2.24, 2.45) is 5.92 Å². The number of nitrogens with one attached hydrogen (secondary N) is 1. The molecule has 2 amide bonds. The number of rotatable bonds is 8. The fourth-order valence-electron chi connectivity index (χ4n) is 3.61. The summed E-state index contributed by atoms with van der Waals surface area (Å²) in [6.45, 7) is 9.02. The zero-order chi connectivity index (χ0) is 20.8. The van der Waals surface area contributed by atoms with Crippen LogP contribution in [-0.2, 0) is 9.59 Å². The van der Waals surface area contributed by atoms with Gasteiger partial charge in [-0.25, -0.2) is 0 Å². The number of benzene rings is 2. The molecule has 0 spiro atoms. The molecule has 1 aliphatic rings. The summed E-state index contributed by atoms with van der Waals surface area (Å²) in [5, 5.41) is 2.95. The number of ether oxygens (including phenoxy) is 1. The van der Waals surface area contributed by atoms with Crippen LogP contribution in [0.3, 0.4) is 0 Å². The molecule has 6 nitrogen and oxygen atoms in total. The maximum absolute atomic E-state index is 12.7. The molecule has 0 radical (unpaired) electrons. The maximum atomic E-state index is 12.7. The quantitative estimate of drug-likeness (QED) is 0.736. The van der Waals surface area contributed by atoms with Crippen molar-refractivity contribution in [1.29, 1.82) is 0 Å². The molecule has 1 unspecified atom stereocenters. The molecule has 0 aliphatic carbocycles. The van der Waals surface area contributed by atoms with Gasteiger partial charge < -0.3 is 19.9 Å². The first-order valence-electron chi connectivity index (χ1n) is 10.2. The van der Waals surface area contributed by atoms with Gasteiger partial charge >= 0.3 is 0 Å². The van der Waals surface area contributed by atoms with Gasteiger partial charge in [-0.05, 0) is 69.3 Å². The van der Waals surface area contributed by atoms with Crippen LogP contribution in [0.5, 0.6) is 5.75 Å².